The molecule has 0 aliphatic rings. The fourth-order valence-electron chi connectivity index (χ4n) is 0.969. The van der Waals surface area contributed by atoms with E-state index in [4.69, 9.17) is 11.5 Å². The van der Waals surface area contributed by atoms with E-state index in [-0.39, 0.29) is 0 Å². The maximum atomic E-state index is 10.6. The first-order valence-corrected chi connectivity index (χ1v) is 6.43. The molecule has 0 bridgehead atoms. The predicted molar refractivity (Wildman–Crippen MR) is 77.0 cm³/mol. The van der Waals surface area contributed by atoms with Gasteiger partial charge in [0.2, 0.25) is 5.91 Å². The Labute approximate surface area is 111 Å². The van der Waals surface area contributed by atoms with Crippen LogP contribution in [0.5, 0.6) is 0 Å². The molecule has 0 aliphatic carbocycles. The van der Waals surface area contributed by atoms with E-state index in [1.807, 2.05) is 30.3 Å². The van der Waals surface area contributed by atoms with E-state index >= 15 is 0 Å². The number of primary amides is 1. The van der Waals surface area contributed by atoms with Gasteiger partial charge < -0.3 is 11.5 Å². The molecule has 1 amide bonds. The Kier molecular flexibility index (Phi) is 8.05. The zero-order valence-corrected chi connectivity index (χ0v) is 11.9. The van der Waals surface area contributed by atoms with Gasteiger partial charge in [-0.3, -0.25) is 4.79 Å². The van der Waals surface area contributed by atoms with Crippen LogP contribution in [0.2, 0.25) is 0 Å². The molecule has 0 saturated heterocycles. The number of hydrogen-bond donors (Lipinski definition) is 2. The second-order valence-corrected chi connectivity index (χ2v) is 5.19. The molecular weight excluding hydrogens is 224 g/mol. The van der Waals surface area contributed by atoms with E-state index in [1.54, 1.807) is 0 Å². The highest BCUT2D eigenvalue weighted by molar-refractivity contribution is 5.79. The number of carbonyl (C=O) groups excluding carboxylic acids is 1. The summed E-state index contributed by atoms with van der Waals surface area (Å²) < 4.78 is 0. The number of rotatable bonds is 4. The monoisotopic (exact) mass is 250 g/mol. The molecular formula is C15H26N2O. The van der Waals surface area contributed by atoms with Crippen molar-refractivity contribution in [3.63, 3.8) is 0 Å². The van der Waals surface area contributed by atoms with Crippen LogP contribution in [0.4, 0.5) is 0 Å². The Bertz CT molecular complexity index is 328. The van der Waals surface area contributed by atoms with Gasteiger partial charge in [-0.05, 0) is 23.8 Å². The SMILES string of the molecule is CC(C)C(C)C.NC(=O)C(N)Cc1ccccc1. The van der Waals surface area contributed by atoms with E-state index in [2.05, 4.69) is 27.7 Å². The lowest BCUT2D eigenvalue weighted by molar-refractivity contribution is -0.119. The van der Waals surface area contributed by atoms with Crippen LogP contribution in [-0.2, 0) is 11.2 Å². The molecule has 0 aromatic heterocycles. The van der Waals surface area contributed by atoms with E-state index in [9.17, 15) is 4.79 Å². The van der Waals surface area contributed by atoms with Crippen LogP contribution in [0.25, 0.3) is 0 Å². The largest absolute Gasteiger partial charge is 0.368 e. The van der Waals surface area contributed by atoms with E-state index < -0.39 is 11.9 Å². The highest BCUT2D eigenvalue weighted by Crippen LogP contribution is 2.05. The summed E-state index contributed by atoms with van der Waals surface area (Å²) in [4.78, 5) is 10.6. The molecule has 0 saturated carbocycles. The third-order valence-electron chi connectivity index (χ3n) is 3.00. The summed E-state index contributed by atoms with van der Waals surface area (Å²) in [5, 5.41) is 0. The standard InChI is InChI=1S/C9H12N2O.C6H14/c10-8(9(11)12)6-7-4-2-1-3-5-7;1-5(2)6(3)4/h1-5,8H,6,10H2,(H2,11,12);5-6H,1-4H3. The van der Waals surface area contributed by atoms with Crippen LogP contribution in [0.3, 0.4) is 0 Å². The molecule has 1 rings (SSSR count). The summed E-state index contributed by atoms with van der Waals surface area (Å²) in [7, 11) is 0. The number of carbonyl (C=O) groups is 1. The molecule has 1 unspecified atom stereocenters. The quantitative estimate of drug-likeness (QED) is 0.861. The van der Waals surface area contributed by atoms with Crippen LogP contribution in [-0.4, -0.2) is 11.9 Å². The molecule has 3 nitrogen and oxygen atoms in total. The van der Waals surface area contributed by atoms with E-state index in [0.29, 0.717) is 6.42 Å². The van der Waals surface area contributed by atoms with Crippen molar-refractivity contribution in [1.29, 1.82) is 0 Å². The van der Waals surface area contributed by atoms with Gasteiger partial charge in [0.25, 0.3) is 0 Å². The van der Waals surface area contributed by atoms with Crippen LogP contribution >= 0.6 is 0 Å². The number of amides is 1. The predicted octanol–water partition coefficient (Wildman–Crippen LogP) is 2.34. The third-order valence-corrected chi connectivity index (χ3v) is 3.00. The normalized spacial score (nSPS) is 11.9. The molecule has 0 fully saturated rings. The molecule has 102 valence electrons. The second-order valence-electron chi connectivity index (χ2n) is 5.19. The molecule has 3 heteroatoms. The summed E-state index contributed by atoms with van der Waals surface area (Å²) >= 11 is 0. The van der Waals surface area contributed by atoms with Crippen LogP contribution in [0, 0.1) is 11.8 Å². The molecule has 0 aliphatic heterocycles. The van der Waals surface area contributed by atoms with Crippen molar-refractivity contribution >= 4 is 5.91 Å². The summed E-state index contributed by atoms with van der Waals surface area (Å²) in [6.45, 7) is 8.96. The van der Waals surface area contributed by atoms with Gasteiger partial charge in [0.15, 0.2) is 0 Å². The highest BCUT2D eigenvalue weighted by atomic mass is 16.1. The minimum atomic E-state index is -0.576. The average molecular weight is 250 g/mol. The minimum absolute atomic E-state index is 0.459. The van der Waals surface area contributed by atoms with Gasteiger partial charge in [0, 0.05) is 0 Å². The lowest BCUT2D eigenvalue weighted by Gasteiger charge is -2.06. The zero-order valence-electron chi connectivity index (χ0n) is 11.9. The number of nitrogens with two attached hydrogens (primary N) is 2. The smallest absolute Gasteiger partial charge is 0.234 e. The fourth-order valence-corrected chi connectivity index (χ4v) is 0.969. The number of hydrogen-bond acceptors (Lipinski definition) is 2. The molecule has 0 heterocycles. The Morgan fingerprint density at radius 2 is 1.50 bits per heavy atom. The van der Waals surface area contributed by atoms with Gasteiger partial charge in [0.1, 0.15) is 0 Å². The van der Waals surface area contributed by atoms with Crippen LogP contribution in [0.1, 0.15) is 33.3 Å². The van der Waals surface area contributed by atoms with Crippen molar-refractivity contribution < 1.29 is 4.79 Å². The van der Waals surface area contributed by atoms with Crippen molar-refractivity contribution in [2.24, 2.45) is 23.3 Å². The highest BCUT2D eigenvalue weighted by Gasteiger charge is 2.08. The Morgan fingerprint density at radius 3 is 1.83 bits per heavy atom. The third kappa shape index (κ3) is 7.85. The minimum Gasteiger partial charge on any atom is -0.368 e. The molecule has 0 radical (unpaired) electrons. The Morgan fingerprint density at radius 1 is 1.06 bits per heavy atom. The van der Waals surface area contributed by atoms with Gasteiger partial charge in [-0.25, -0.2) is 0 Å². The summed E-state index contributed by atoms with van der Waals surface area (Å²) in [5.74, 6) is 1.24. The average Bonchev–Trinajstić information content (AvgIpc) is 2.30. The van der Waals surface area contributed by atoms with Gasteiger partial charge in [-0.1, -0.05) is 58.0 Å². The number of benzene rings is 1. The maximum Gasteiger partial charge on any atom is 0.234 e. The molecule has 4 N–H and O–H groups in total. The van der Waals surface area contributed by atoms with Crippen molar-refractivity contribution in [3.05, 3.63) is 35.9 Å². The fraction of sp³-hybridized carbons (Fsp3) is 0.533. The second kappa shape index (κ2) is 8.70. The van der Waals surface area contributed by atoms with Crippen LogP contribution < -0.4 is 11.5 Å². The lowest BCUT2D eigenvalue weighted by atomic mass is 10.0. The Hall–Kier alpha value is -1.35. The topological polar surface area (TPSA) is 69.1 Å². The summed E-state index contributed by atoms with van der Waals surface area (Å²) in [5.41, 5.74) is 11.5. The molecule has 1 aromatic rings. The maximum absolute atomic E-state index is 10.6. The van der Waals surface area contributed by atoms with E-state index in [1.165, 1.54) is 0 Å². The zero-order chi connectivity index (χ0) is 14.1. The molecule has 0 spiro atoms. The Balaban J connectivity index is 0.000000411. The first-order chi connectivity index (χ1) is 8.34. The molecule has 1 atom stereocenters. The van der Waals surface area contributed by atoms with Gasteiger partial charge in [-0.2, -0.15) is 0 Å². The van der Waals surface area contributed by atoms with Gasteiger partial charge in [0.05, 0.1) is 6.04 Å². The van der Waals surface area contributed by atoms with E-state index in [0.717, 1.165) is 17.4 Å². The lowest BCUT2D eigenvalue weighted by Crippen LogP contribution is -2.38. The molecule has 18 heavy (non-hydrogen) atoms. The first-order valence-electron chi connectivity index (χ1n) is 6.43. The van der Waals surface area contributed by atoms with Gasteiger partial charge >= 0.3 is 0 Å². The van der Waals surface area contributed by atoms with Crippen molar-refractivity contribution in [1.82, 2.24) is 0 Å². The van der Waals surface area contributed by atoms with Crippen molar-refractivity contribution in [3.8, 4) is 0 Å². The van der Waals surface area contributed by atoms with Gasteiger partial charge in [-0.15, -0.1) is 0 Å². The van der Waals surface area contributed by atoms with Crippen molar-refractivity contribution in [2.75, 3.05) is 0 Å². The molecule has 1 aromatic carbocycles. The summed E-state index contributed by atoms with van der Waals surface area (Å²) in [6.07, 6.45) is 0.510. The summed E-state index contributed by atoms with van der Waals surface area (Å²) in [6, 6.07) is 8.99. The van der Waals surface area contributed by atoms with Crippen molar-refractivity contribution in [2.45, 2.75) is 40.2 Å². The first kappa shape index (κ1) is 16.6. The van der Waals surface area contributed by atoms with Crippen LogP contribution in [0.15, 0.2) is 30.3 Å².